The first kappa shape index (κ1) is 11.4. The van der Waals surface area contributed by atoms with Crippen LogP contribution in [0.3, 0.4) is 0 Å². The van der Waals surface area contributed by atoms with E-state index in [0.717, 1.165) is 0 Å². The molecule has 2 unspecified atom stereocenters. The second kappa shape index (κ2) is 5.97. The van der Waals surface area contributed by atoms with Crippen LogP contribution < -0.4 is 5.32 Å². The first-order chi connectivity index (χ1) is 5.61. The Morgan fingerprint density at radius 3 is 2.58 bits per heavy atom. The number of hydrogen-bond acceptors (Lipinski definition) is 4. The number of nitrogens with one attached hydrogen (secondary N) is 1. The van der Waals surface area contributed by atoms with Crippen LogP contribution in [-0.4, -0.2) is 37.4 Å². The van der Waals surface area contributed by atoms with Crippen LogP contribution in [0.1, 0.15) is 13.8 Å². The van der Waals surface area contributed by atoms with Gasteiger partial charge in [0.25, 0.3) is 0 Å². The first-order valence-corrected chi connectivity index (χ1v) is 4.03. The maximum Gasteiger partial charge on any atom is 0.309 e. The van der Waals surface area contributed by atoms with Gasteiger partial charge >= 0.3 is 5.97 Å². The van der Waals surface area contributed by atoms with Gasteiger partial charge in [-0.1, -0.05) is 6.92 Å². The molecule has 0 aromatic rings. The fraction of sp³-hybridized carbons (Fsp3) is 0.875. The summed E-state index contributed by atoms with van der Waals surface area (Å²) in [5.74, 6) is -0.392. The lowest BCUT2D eigenvalue weighted by Gasteiger charge is -2.13. The predicted molar refractivity (Wildman–Crippen MR) is 45.7 cm³/mol. The lowest BCUT2D eigenvalue weighted by atomic mass is 10.2. The molecule has 0 saturated heterocycles. The zero-order chi connectivity index (χ0) is 9.56. The van der Waals surface area contributed by atoms with Crippen LogP contribution >= 0.6 is 0 Å². The minimum absolute atomic E-state index is 0.0251. The van der Waals surface area contributed by atoms with Crippen LogP contribution in [-0.2, 0) is 9.53 Å². The summed E-state index contributed by atoms with van der Waals surface area (Å²) in [6, 6.07) is 0.0251. The molecule has 0 rings (SSSR count). The van der Waals surface area contributed by atoms with E-state index in [-0.39, 0.29) is 24.5 Å². The molecular weight excluding hydrogens is 158 g/mol. The van der Waals surface area contributed by atoms with Crippen molar-refractivity contribution in [3.05, 3.63) is 0 Å². The van der Waals surface area contributed by atoms with Crippen LogP contribution in [0.4, 0.5) is 0 Å². The third-order valence-corrected chi connectivity index (χ3v) is 1.65. The largest absolute Gasteiger partial charge is 0.469 e. The summed E-state index contributed by atoms with van der Waals surface area (Å²) in [5, 5.41) is 11.7. The summed E-state index contributed by atoms with van der Waals surface area (Å²) in [7, 11) is 1.37. The summed E-state index contributed by atoms with van der Waals surface area (Å²) < 4.78 is 4.54. The van der Waals surface area contributed by atoms with E-state index >= 15 is 0 Å². The highest BCUT2D eigenvalue weighted by Crippen LogP contribution is 1.95. The molecule has 2 N–H and O–H groups in total. The number of carbonyl (C=O) groups is 1. The van der Waals surface area contributed by atoms with Gasteiger partial charge in [0.1, 0.15) is 0 Å². The molecular formula is C8H17NO3. The SMILES string of the molecule is COC(=O)C(C)CNC(C)CO. The van der Waals surface area contributed by atoms with Gasteiger partial charge in [-0.2, -0.15) is 0 Å². The lowest BCUT2D eigenvalue weighted by molar-refractivity contribution is -0.144. The molecule has 0 bridgehead atoms. The Balaban J connectivity index is 3.56. The van der Waals surface area contributed by atoms with Gasteiger partial charge in [-0.25, -0.2) is 0 Å². The Morgan fingerprint density at radius 1 is 1.58 bits per heavy atom. The molecule has 0 fully saturated rings. The summed E-state index contributed by atoms with van der Waals surface area (Å²) in [6.45, 7) is 4.25. The lowest BCUT2D eigenvalue weighted by Crippen LogP contribution is -2.35. The molecule has 0 spiro atoms. The molecule has 0 amide bonds. The van der Waals surface area contributed by atoms with Crippen molar-refractivity contribution in [2.45, 2.75) is 19.9 Å². The number of aliphatic hydroxyl groups is 1. The molecule has 0 aromatic heterocycles. The number of hydrogen-bond donors (Lipinski definition) is 2. The Labute approximate surface area is 72.9 Å². The summed E-state index contributed by atoms with van der Waals surface area (Å²) in [6.07, 6.45) is 0. The third-order valence-electron chi connectivity index (χ3n) is 1.65. The highest BCUT2D eigenvalue weighted by Gasteiger charge is 2.13. The Kier molecular flexibility index (Phi) is 5.66. The fourth-order valence-electron chi connectivity index (χ4n) is 0.727. The number of rotatable bonds is 5. The van der Waals surface area contributed by atoms with Crippen molar-refractivity contribution < 1.29 is 14.6 Å². The number of carbonyl (C=O) groups excluding carboxylic acids is 1. The van der Waals surface area contributed by atoms with Gasteiger partial charge in [0.2, 0.25) is 0 Å². The van der Waals surface area contributed by atoms with Gasteiger partial charge in [-0.3, -0.25) is 4.79 Å². The molecule has 2 atom stereocenters. The molecule has 4 nitrogen and oxygen atoms in total. The van der Waals surface area contributed by atoms with Crippen molar-refractivity contribution in [2.24, 2.45) is 5.92 Å². The van der Waals surface area contributed by atoms with E-state index in [1.54, 1.807) is 6.92 Å². The highest BCUT2D eigenvalue weighted by atomic mass is 16.5. The van der Waals surface area contributed by atoms with Crippen molar-refractivity contribution in [1.29, 1.82) is 0 Å². The number of aliphatic hydroxyl groups excluding tert-OH is 1. The Bertz CT molecular complexity index is 138. The smallest absolute Gasteiger partial charge is 0.309 e. The molecule has 4 heteroatoms. The zero-order valence-corrected chi connectivity index (χ0v) is 7.83. The highest BCUT2D eigenvalue weighted by molar-refractivity contribution is 5.71. The van der Waals surface area contributed by atoms with Crippen molar-refractivity contribution in [2.75, 3.05) is 20.3 Å². The minimum Gasteiger partial charge on any atom is -0.469 e. The quantitative estimate of drug-likeness (QED) is 0.566. The number of esters is 1. The fourth-order valence-corrected chi connectivity index (χ4v) is 0.727. The van der Waals surface area contributed by atoms with E-state index in [1.165, 1.54) is 7.11 Å². The third kappa shape index (κ3) is 4.31. The van der Waals surface area contributed by atoms with E-state index in [0.29, 0.717) is 6.54 Å². The molecule has 0 heterocycles. The topological polar surface area (TPSA) is 58.6 Å². The summed E-state index contributed by atoms with van der Waals surface area (Å²) in [5.41, 5.74) is 0. The van der Waals surface area contributed by atoms with Crippen molar-refractivity contribution >= 4 is 5.97 Å². The molecule has 0 aliphatic heterocycles. The Hall–Kier alpha value is -0.610. The Morgan fingerprint density at radius 2 is 2.17 bits per heavy atom. The van der Waals surface area contributed by atoms with E-state index in [9.17, 15) is 4.79 Å². The van der Waals surface area contributed by atoms with Crippen LogP contribution in [0.2, 0.25) is 0 Å². The average Bonchev–Trinajstić information content (AvgIpc) is 2.11. The van der Waals surface area contributed by atoms with Gasteiger partial charge < -0.3 is 15.2 Å². The number of methoxy groups -OCH3 is 1. The molecule has 0 aliphatic carbocycles. The summed E-state index contributed by atoms with van der Waals surface area (Å²) >= 11 is 0. The van der Waals surface area contributed by atoms with Crippen molar-refractivity contribution in [3.63, 3.8) is 0 Å². The van der Waals surface area contributed by atoms with Gasteiger partial charge in [0.15, 0.2) is 0 Å². The standard InChI is InChI=1S/C8H17NO3/c1-6(8(11)12-3)4-9-7(2)5-10/h6-7,9-10H,4-5H2,1-3H3. The van der Waals surface area contributed by atoms with E-state index < -0.39 is 0 Å². The second-order valence-corrected chi connectivity index (χ2v) is 2.92. The molecule has 12 heavy (non-hydrogen) atoms. The van der Waals surface area contributed by atoms with Crippen LogP contribution in [0.15, 0.2) is 0 Å². The molecule has 0 saturated carbocycles. The average molecular weight is 175 g/mol. The van der Waals surface area contributed by atoms with Crippen molar-refractivity contribution in [3.8, 4) is 0 Å². The van der Waals surface area contributed by atoms with Crippen molar-refractivity contribution in [1.82, 2.24) is 5.32 Å². The van der Waals surface area contributed by atoms with Gasteiger partial charge in [0, 0.05) is 12.6 Å². The summed E-state index contributed by atoms with van der Waals surface area (Å²) in [4.78, 5) is 10.9. The maximum atomic E-state index is 10.9. The number of ether oxygens (including phenoxy) is 1. The minimum atomic E-state index is -0.229. The van der Waals surface area contributed by atoms with Crippen LogP contribution in [0.5, 0.6) is 0 Å². The van der Waals surface area contributed by atoms with E-state index in [1.807, 2.05) is 6.92 Å². The first-order valence-electron chi connectivity index (χ1n) is 4.03. The normalized spacial score (nSPS) is 15.3. The zero-order valence-electron chi connectivity index (χ0n) is 7.83. The van der Waals surface area contributed by atoms with E-state index in [4.69, 9.17) is 5.11 Å². The van der Waals surface area contributed by atoms with Gasteiger partial charge in [-0.15, -0.1) is 0 Å². The second-order valence-electron chi connectivity index (χ2n) is 2.92. The monoisotopic (exact) mass is 175 g/mol. The predicted octanol–water partition coefficient (Wildman–Crippen LogP) is -0.234. The van der Waals surface area contributed by atoms with Gasteiger partial charge in [0.05, 0.1) is 19.6 Å². The van der Waals surface area contributed by atoms with Gasteiger partial charge in [-0.05, 0) is 6.92 Å². The maximum absolute atomic E-state index is 10.9. The molecule has 0 radical (unpaired) electrons. The van der Waals surface area contributed by atoms with Crippen LogP contribution in [0, 0.1) is 5.92 Å². The molecule has 0 aliphatic rings. The molecule has 72 valence electrons. The molecule has 0 aromatic carbocycles. The van der Waals surface area contributed by atoms with E-state index in [2.05, 4.69) is 10.1 Å². The van der Waals surface area contributed by atoms with Crippen LogP contribution in [0.25, 0.3) is 0 Å².